The fourth-order valence-electron chi connectivity index (χ4n) is 4.05. The van der Waals surface area contributed by atoms with Gasteiger partial charge in [0.15, 0.2) is 0 Å². The Bertz CT molecular complexity index is 1390. The summed E-state index contributed by atoms with van der Waals surface area (Å²) < 4.78 is 5.71. The SMILES string of the molecule is CC(C)COc1ccc(/C(O)=C2\C(=O)C(=O)N(c3nc4ccccc4[nH]3)C2c2ccccn2)cc1. The quantitative estimate of drug-likeness (QED) is 0.243. The van der Waals surface area contributed by atoms with Crippen molar-refractivity contribution >= 4 is 34.4 Å². The Balaban J connectivity index is 1.61. The first kappa shape index (κ1) is 22.3. The molecule has 0 radical (unpaired) electrons. The van der Waals surface area contributed by atoms with Gasteiger partial charge in [-0.05, 0) is 54.4 Å². The largest absolute Gasteiger partial charge is 0.507 e. The molecule has 2 N–H and O–H groups in total. The van der Waals surface area contributed by atoms with Crippen molar-refractivity contribution in [2.24, 2.45) is 5.92 Å². The summed E-state index contributed by atoms with van der Waals surface area (Å²) in [6.45, 7) is 4.67. The molecule has 35 heavy (non-hydrogen) atoms. The summed E-state index contributed by atoms with van der Waals surface area (Å²) in [6.07, 6.45) is 1.58. The lowest BCUT2D eigenvalue weighted by Crippen LogP contribution is -2.30. The number of nitrogens with zero attached hydrogens (tertiary/aromatic N) is 3. The number of ether oxygens (including phenoxy) is 1. The van der Waals surface area contributed by atoms with E-state index in [1.165, 1.54) is 4.90 Å². The van der Waals surface area contributed by atoms with Crippen molar-refractivity contribution in [1.82, 2.24) is 15.0 Å². The van der Waals surface area contributed by atoms with Crippen LogP contribution in [0.2, 0.25) is 0 Å². The average molecular weight is 469 g/mol. The summed E-state index contributed by atoms with van der Waals surface area (Å²) in [5.41, 5.74) is 2.16. The molecule has 8 heteroatoms. The molecule has 1 aliphatic heterocycles. The van der Waals surface area contributed by atoms with Gasteiger partial charge in [-0.3, -0.25) is 19.5 Å². The fourth-order valence-corrected chi connectivity index (χ4v) is 4.05. The molecule has 1 aliphatic rings. The minimum absolute atomic E-state index is 0.0509. The van der Waals surface area contributed by atoms with Crippen LogP contribution in [-0.2, 0) is 9.59 Å². The molecular formula is C27H24N4O4. The van der Waals surface area contributed by atoms with Crippen LogP contribution in [-0.4, -0.2) is 38.4 Å². The molecule has 0 spiro atoms. The van der Waals surface area contributed by atoms with Crippen molar-refractivity contribution in [2.75, 3.05) is 11.5 Å². The van der Waals surface area contributed by atoms with Gasteiger partial charge < -0.3 is 14.8 Å². The van der Waals surface area contributed by atoms with Crippen LogP contribution in [0.15, 0.2) is 78.5 Å². The highest BCUT2D eigenvalue weighted by Gasteiger charge is 2.48. The van der Waals surface area contributed by atoms with E-state index in [1.807, 2.05) is 24.3 Å². The number of aromatic amines is 1. The number of carbonyl (C=O) groups is 2. The first-order valence-electron chi connectivity index (χ1n) is 11.3. The van der Waals surface area contributed by atoms with Crippen LogP contribution in [0.3, 0.4) is 0 Å². The van der Waals surface area contributed by atoms with Crippen LogP contribution >= 0.6 is 0 Å². The molecule has 1 fully saturated rings. The molecule has 0 bridgehead atoms. The van der Waals surface area contributed by atoms with Crippen LogP contribution in [0, 0.1) is 5.92 Å². The first-order valence-corrected chi connectivity index (χ1v) is 11.3. The third-order valence-electron chi connectivity index (χ3n) is 5.73. The van der Waals surface area contributed by atoms with Gasteiger partial charge in [-0.1, -0.05) is 32.0 Å². The average Bonchev–Trinajstić information content (AvgIpc) is 3.41. The van der Waals surface area contributed by atoms with E-state index in [-0.39, 0.29) is 17.3 Å². The second-order valence-electron chi connectivity index (χ2n) is 8.73. The predicted molar refractivity (Wildman–Crippen MR) is 132 cm³/mol. The minimum atomic E-state index is -0.950. The van der Waals surface area contributed by atoms with Gasteiger partial charge in [-0.25, -0.2) is 4.98 Å². The van der Waals surface area contributed by atoms with Crippen molar-refractivity contribution in [3.63, 3.8) is 0 Å². The van der Waals surface area contributed by atoms with Crippen LogP contribution in [0.25, 0.3) is 16.8 Å². The normalized spacial score (nSPS) is 17.5. The van der Waals surface area contributed by atoms with Gasteiger partial charge in [0.05, 0.1) is 28.9 Å². The van der Waals surface area contributed by atoms with Crippen LogP contribution in [0.5, 0.6) is 5.75 Å². The van der Waals surface area contributed by atoms with Crippen LogP contribution in [0.4, 0.5) is 5.95 Å². The number of aromatic nitrogens is 3. The highest BCUT2D eigenvalue weighted by molar-refractivity contribution is 6.51. The Morgan fingerprint density at radius 2 is 1.80 bits per heavy atom. The molecule has 4 aromatic rings. The lowest BCUT2D eigenvalue weighted by molar-refractivity contribution is -0.132. The Hall–Kier alpha value is -4.46. The summed E-state index contributed by atoms with van der Waals surface area (Å²) in [7, 11) is 0. The molecule has 0 saturated carbocycles. The zero-order valence-electron chi connectivity index (χ0n) is 19.3. The second-order valence-corrected chi connectivity index (χ2v) is 8.73. The van der Waals surface area contributed by atoms with Gasteiger partial charge in [0.1, 0.15) is 17.6 Å². The summed E-state index contributed by atoms with van der Waals surface area (Å²) >= 11 is 0. The number of nitrogens with one attached hydrogen (secondary N) is 1. The molecule has 3 heterocycles. The lowest BCUT2D eigenvalue weighted by Gasteiger charge is -2.22. The van der Waals surface area contributed by atoms with E-state index in [9.17, 15) is 14.7 Å². The predicted octanol–water partition coefficient (Wildman–Crippen LogP) is 4.62. The van der Waals surface area contributed by atoms with Crippen molar-refractivity contribution < 1.29 is 19.4 Å². The maximum Gasteiger partial charge on any atom is 0.302 e. The number of hydrogen-bond donors (Lipinski definition) is 2. The zero-order valence-corrected chi connectivity index (χ0v) is 19.3. The second kappa shape index (κ2) is 9.06. The summed E-state index contributed by atoms with van der Waals surface area (Å²) in [4.78, 5) is 39.8. The molecule has 5 rings (SSSR count). The number of amides is 1. The third-order valence-corrected chi connectivity index (χ3v) is 5.73. The molecule has 2 aromatic carbocycles. The monoisotopic (exact) mass is 468 g/mol. The van der Waals surface area contributed by atoms with Gasteiger partial charge in [0, 0.05) is 11.8 Å². The Kier molecular flexibility index (Phi) is 5.78. The van der Waals surface area contributed by atoms with Crippen LogP contribution in [0.1, 0.15) is 31.1 Å². The fraction of sp³-hybridized carbons (Fsp3) is 0.185. The third kappa shape index (κ3) is 4.14. The highest BCUT2D eigenvalue weighted by Crippen LogP contribution is 2.41. The number of aliphatic hydroxyl groups is 1. The number of anilines is 1. The Labute approximate surface area is 201 Å². The number of carbonyl (C=O) groups excluding carboxylic acids is 2. The number of hydrogen-bond acceptors (Lipinski definition) is 6. The smallest absolute Gasteiger partial charge is 0.302 e. The van der Waals surface area contributed by atoms with E-state index >= 15 is 0 Å². The summed E-state index contributed by atoms with van der Waals surface area (Å²) in [5.74, 6) is -0.653. The van der Waals surface area contributed by atoms with E-state index in [2.05, 4.69) is 28.8 Å². The number of rotatable bonds is 6. The molecule has 0 aliphatic carbocycles. The molecule has 1 saturated heterocycles. The van der Waals surface area contributed by atoms with Gasteiger partial charge in [0.2, 0.25) is 5.95 Å². The molecule has 1 atom stereocenters. The standard InChI is InChI=1S/C27H24N4O4/c1-16(2)15-35-18-12-10-17(11-13-18)24(32)22-23(21-9-5-6-14-28-21)31(26(34)25(22)33)27-29-19-7-3-4-8-20(19)30-27/h3-14,16,23,32H,15H2,1-2H3,(H,29,30)/b24-22+. The number of para-hydroxylation sites is 2. The van der Waals surface area contributed by atoms with Crippen LogP contribution < -0.4 is 9.64 Å². The zero-order chi connectivity index (χ0) is 24.5. The van der Waals surface area contributed by atoms with Gasteiger partial charge in [0.25, 0.3) is 5.78 Å². The van der Waals surface area contributed by atoms with E-state index in [0.717, 1.165) is 5.52 Å². The number of benzene rings is 2. The first-order chi connectivity index (χ1) is 16.9. The maximum absolute atomic E-state index is 13.2. The molecule has 2 aromatic heterocycles. The number of ketones is 1. The van der Waals surface area contributed by atoms with E-state index < -0.39 is 17.7 Å². The molecule has 1 unspecified atom stereocenters. The topological polar surface area (TPSA) is 108 Å². The van der Waals surface area contributed by atoms with Crippen molar-refractivity contribution in [1.29, 1.82) is 0 Å². The Morgan fingerprint density at radius 1 is 1.06 bits per heavy atom. The highest BCUT2D eigenvalue weighted by atomic mass is 16.5. The minimum Gasteiger partial charge on any atom is -0.507 e. The summed E-state index contributed by atoms with van der Waals surface area (Å²) in [5, 5.41) is 11.2. The molecule has 1 amide bonds. The number of H-pyrrole nitrogens is 1. The van der Waals surface area contributed by atoms with Gasteiger partial charge in [-0.2, -0.15) is 0 Å². The number of pyridine rings is 1. The van der Waals surface area contributed by atoms with E-state index in [0.29, 0.717) is 35.0 Å². The van der Waals surface area contributed by atoms with Crippen molar-refractivity contribution in [2.45, 2.75) is 19.9 Å². The molecule has 176 valence electrons. The molecular weight excluding hydrogens is 444 g/mol. The number of aliphatic hydroxyl groups excluding tert-OH is 1. The van der Waals surface area contributed by atoms with Gasteiger partial charge >= 0.3 is 5.91 Å². The van der Waals surface area contributed by atoms with Crippen molar-refractivity contribution in [3.8, 4) is 5.75 Å². The van der Waals surface area contributed by atoms with E-state index in [4.69, 9.17) is 4.74 Å². The maximum atomic E-state index is 13.2. The number of Topliss-reactive ketones (excluding diaryl/α,β-unsaturated/α-hetero) is 1. The Morgan fingerprint density at radius 3 is 2.49 bits per heavy atom. The van der Waals surface area contributed by atoms with E-state index in [1.54, 1.807) is 48.7 Å². The van der Waals surface area contributed by atoms with Crippen molar-refractivity contribution in [3.05, 3.63) is 89.8 Å². The number of imidazole rings is 1. The lowest BCUT2D eigenvalue weighted by atomic mass is 9.98. The number of fused-ring (bicyclic) bond motifs is 1. The van der Waals surface area contributed by atoms with Gasteiger partial charge in [-0.15, -0.1) is 0 Å². The molecule has 8 nitrogen and oxygen atoms in total. The summed E-state index contributed by atoms with van der Waals surface area (Å²) in [6, 6.07) is 18.4.